The number of carbonyl (C=O) groups is 2. The zero-order chi connectivity index (χ0) is 13.7. The number of hydrogen-bond acceptors (Lipinski definition) is 3. The van der Waals surface area contributed by atoms with Crippen molar-refractivity contribution in [2.24, 2.45) is 5.92 Å². The maximum atomic E-state index is 12.0. The Morgan fingerprint density at radius 2 is 2.17 bits per heavy atom. The Bertz CT molecular complexity index is 314. The van der Waals surface area contributed by atoms with Gasteiger partial charge in [0.25, 0.3) is 6.43 Å². The topological polar surface area (TPSA) is 78.9 Å². The highest BCUT2D eigenvalue weighted by molar-refractivity contribution is 5.77. The molecule has 0 aromatic heterocycles. The zero-order valence-electron chi connectivity index (χ0n) is 9.94. The van der Waals surface area contributed by atoms with Gasteiger partial charge < -0.3 is 20.1 Å². The first-order valence-corrected chi connectivity index (χ1v) is 5.60. The lowest BCUT2D eigenvalue weighted by Crippen LogP contribution is -2.51. The molecule has 0 bridgehead atoms. The van der Waals surface area contributed by atoms with Crippen LogP contribution < -0.4 is 5.32 Å². The molecular formula is C10H16F2N2O4. The fourth-order valence-electron chi connectivity index (χ4n) is 1.88. The number of urea groups is 1. The van der Waals surface area contributed by atoms with E-state index in [4.69, 9.17) is 9.84 Å². The van der Waals surface area contributed by atoms with Gasteiger partial charge in [0.15, 0.2) is 0 Å². The third-order valence-electron chi connectivity index (χ3n) is 2.78. The molecule has 0 aliphatic carbocycles. The van der Waals surface area contributed by atoms with Crippen molar-refractivity contribution in [3.05, 3.63) is 0 Å². The van der Waals surface area contributed by atoms with Crippen molar-refractivity contribution in [1.82, 2.24) is 10.2 Å². The first-order chi connectivity index (χ1) is 8.47. The molecule has 1 aliphatic heterocycles. The molecule has 1 rings (SSSR count). The molecule has 2 unspecified atom stereocenters. The van der Waals surface area contributed by atoms with Crippen LogP contribution in [0, 0.1) is 5.92 Å². The van der Waals surface area contributed by atoms with Crippen LogP contribution in [0.15, 0.2) is 0 Å². The van der Waals surface area contributed by atoms with Crippen molar-refractivity contribution >= 4 is 12.0 Å². The van der Waals surface area contributed by atoms with Crippen LogP contribution in [0.3, 0.4) is 0 Å². The van der Waals surface area contributed by atoms with E-state index in [1.807, 2.05) is 0 Å². The molecule has 2 amide bonds. The van der Waals surface area contributed by atoms with Gasteiger partial charge in [-0.05, 0) is 6.92 Å². The fraction of sp³-hybridized carbons (Fsp3) is 0.800. The minimum absolute atomic E-state index is 0.0264. The van der Waals surface area contributed by atoms with Crippen LogP contribution in [0.1, 0.15) is 6.92 Å². The predicted molar refractivity (Wildman–Crippen MR) is 57.5 cm³/mol. The van der Waals surface area contributed by atoms with Crippen LogP contribution in [0.2, 0.25) is 0 Å². The Morgan fingerprint density at radius 3 is 2.67 bits per heavy atom. The number of alkyl halides is 2. The third-order valence-corrected chi connectivity index (χ3v) is 2.78. The molecule has 1 fully saturated rings. The number of aliphatic carboxylic acids is 1. The van der Waals surface area contributed by atoms with Crippen molar-refractivity contribution in [2.75, 3.05) is 26.3 Å². The smallest absolute Gasteiger partial charge is 0.317 e. The quantitative estimate of drug-likeness (QED) is 0.754. The molecule has 1 heterocycles. The van der Waals surface area contributed by atoms with E-state index >= 15 is 0 Å². The second kappa shape index (κ2) is 6.48. The minimum Gasteiger partial charge on any atom is -0.481 e. The lowest BCUT2D eigenvalue weighted by molar-refractivity contribution is -0.142. The Kier molecular flexibility index (Phi) is 5.26. The number of carboxylic acid groups (broad SMARTS) is 1. The summed E-state index contributed by atoms with van der Waals surface area (Å²) in [6.07, 6.45) is -2.64. The highest BCUT2D eigenvalue weighted by atomic mass is 19.3. The number of carboxylic acids is 1. The standard InChI is InChI=1S/C10H16F2N2O4/c1-2-14(10(17)13-3-8(11)12)7-5-18-4-6(7)9(15)16/h6-8H,2-5H2,1H3,(H,13,17)(H,15,16). The molecule has 0 aromatic rings. The van der Waals surface area contributed by atoms with Gasteiger partial charge in [-0.3, -0.25) is 4.79 Å². The Hall–Kier alpha value is -1.44. The monoisotopic (exact) mass is 266 g/mol. The highest BCUT2D eigenvalue weighted by Gasteiger charge is 2.39. The van der Waals surface area contributed by atoms with Gasteiger partial charge in [-0.2, -0.15) is 0 Å². The lowest BCUT2D eigenvalue weighted by atomic mass is 10.0. The SMILES string of the molecule is CCN(C(=O)NCC(F)F)C1COCC1C(=O)O. The Balaban J connectivity index is 2.64. The minimum atomic E-state index is -2.64. The lowest BCUT2D eigenvalue weighted by Gasteiger charge is -2.29. The summed E-state index contributed by atoms with van der Waals surface area (Å²) < 4.78 is 29.0. The number of nitrogens with zero attached hydrogens (tertiary/aromatic N) is 1. The van der Waals surface area contributed by atoms with E-state index in [1.54, 1.807) is 6.92 Å². The number of likely N-dealkylation sites (N-methyl/N-ethyl adjacent to an activating group) is 1. The van der Waals surface area contributed by atoms with E-state index < -0.39 is 36.9 Å². The average Bonchev–Trinajstić information content (AvgIpc) is 2.76. The molecule has 104 valence electrons. The van der Waals surface area contributed by atoms with Crippen molar-refractivity contribution in [1.29, 1.82) is 0 Å². The second-order valence-electron chi connectivity index (χ2n) is 3.91. The van der Waals surface area contributed by atoms with E-state index in [2.05, 4.69) is 5.32 Å². The molecule has 0 saturated carbocycles. The summed E-state index contributed by atoms with van der Waals surface area (Å²) in [7, 11) is 0. The summed E-state index contributed by atoms with van der Waals surface area (Å²) in [6.45, 7) is 1.26. The van der Waals surface area contributed by atoms with Crippen LogP contribution in [-0.2, 0) is 9.53 Å². The van der Waals surface area contributed by atoms with Crippen LogP contribution in [0.25, 0.3) is 0 Å². The van der Waals surface area contributed by atoms with E-state index in [0.29, 0.717) is 0 Å². The summed E-state index contributed by atoms with van der Waals surface area (Å²) in [5, 5.41) is 11.0. The molecule has 6 nitrogen and oxygen atoms in total. The number of carbonyl (C=O) groups excluding carboxylic acids is 1. The summed E-state index contributed by atoms with van der Waals surface area (Å²) in [5.41, 5.74) is 0. The highest BCUT2D eigenvalue weighted by Crippen LogP contribution is 2.20. The molecule has 2 N–H and O–H groups in total. The molecule has 0 radical (unpaired) electrons. The molecular weight excluding hydrogens is 250 g/mol. The molecule has 1 saturated heterocycles. The van der Waals surface area contributed by atoms with Gasteiger partial charge in [-0.25, -0.2) is 13.6 Å². The van der Waals surface area contributed by atoms with Crippen LogP contribution in [0.5, 0.6) is 0 Å². The summed E-state index contributed by atoms with van der Waals surface area (Å²) in [5.74, 6) is -1.88. The third kappa shape index (κ3) is 3.52. The number of halogens is 2. The molecule has 8 heteroatoms. The van der Waals surface area contributed by atoms with E-state index in [1.165, 1.54) is 4.90 Å². The van der Waals surface area contributed by atoms with Crippen molar-refractivity contribution in [2.45, 2.75) is 19.4 Å². The first-order valence-electron chi connectivity index (χ1n) is 5.60. The number of amides is 2. The van der Waals surface area contributed by atoms with Crippen LogP contribution in [0.4, 0.5) is 13.6 Å². The van der Waals surface area contributed by atoms with Gasteiger partial charge in [-0.1, -0.05) is 0 Å². The molecule has 0 aromatic carbocycles. The molecule has 2 atom stereocenters. The van der Waals surface area contributed by atoms with Gasteiger partial charge in [-0.15, -0.1) is 0 Å². The van der Waals surface area contributed by atoms with Gasteiger partial charge in [0.05, 0.1) is 25.8 Å². The van der Waals surface area contributed by atoms with Gasteiger partial charge in [0.1, 0.15) is 5.92 Å². The maximum Gasteiger partial charge on any atom is 0.317 e. The first kappa shape index (κ1) is 14.6. The van der Waals surface area contributed by atoms with E-state index in [9.17, 15) is 18.4 Å². The number of ether oxygens (including phenoxy) is 1. The van der Waals surface area contributed by atoms with Gasteiger partial charge in [0, 0.05) is 6.54 Å². The van der Waals surface area contributed by atoms with Crippen LogP contribution >= 0.6 is 0 Å². The van der Waals surface area contributed by atoms with Crippen molar-refractivity contribution in [3.63, 3.8) is 0 Å². The van der Waals surface area contributed by atoms with Gasteiger partial charge >= 0.3 is 12.0 Å². The van der Waals surface area contributed by atoms with Crippen molar-refractivity contribution in [3.8, 4) is 0 Å². The van der Waals surface area contributed by atoms with E-state index in [0.717, 1.165) is 0 Å². The Labute approximate surface area is 103 Å². The molecule has 0 spiro atoms. The summed E-state index contributed by atoms with van der Waals surface area (Å²) in [6, 6.07) is -1.32. The zero-order valence-corrected chi connectivity index (χ0v) is 9.94. The average molecular weight is 266 g/mol. The van der Waals surface area contributed by atoms with E-state index in [-0.39, 0.29) is 19.8 Å². The number of nitrogens with one attached hydrogen (secondary N) is 1. The van der Waals surface area contributed by atoms with Crippen molar-refractivity contribution < 1.29 is 28.2 Å². The number of hydrogen-bond donors (Lipinski definition) is 2. The Morgan fingerprint density at radius 1 is 1.50 bits per heavy atom. The predicted octanol–water partition coefficient (Wildman–Crippen LogP) is 0.383. The maximum absolute atomic E-state index is 12.0. The second-order valence-corrected chi connectivity index (χ2v) is 3.91. The molecule has 1 aliphatic rings. The largest absolute Gasteiger partial charge is 0.481 e. The summed E-state index contributed by atoms with van der Waals surface area (Å²) >= 11 is 0. The molecule has 18 heavy (non-hydrogen) atoms. The van der Waals surface area contributed by atoms with Gasteiger partial charge in [0.2, 0.25) is 0 Å². The fourth-order valence-corrected chi connectivity index (χ4v) is 1.88. The normalized spacial score (nSPS) is 23.1. The number of rotatable bonds is 5. The summed E-state index contributed by atoms with van der Waals surface area (Å²) in [4.78, 5) is 23.8. The van der Waals surface area contributed by atoms with Crippen LogP contribution in [-0.4, -0.2) is 60.8 Å².